The highest BCUT2D eigenvalue weighted by atomic mass is 19.1. The maximum Gasteiger partial charge on any atom is 0.252 e. The molecule has 0 spiro atoms. The van der Waals surface area contributed by atoms with Crippen molar-refractivity contribution < 1.29 is 9.18 Å². The van der Waals surface area contributed by atoms with Crippen molar-refractivity contribution in [3.05, 3.63) is 47.8 Å². The molecular formula is C17H16FNO. The number of amides is 1. The van der Waals surface area contributed by atoms with Crippen molar-refractivity contribution >= 4 is 16.7 Å². The maximum absolute atomic E-state index is 13.7. The van der Waals surface area contributed by atoms with Gasteiger partial charge in [-0.25, -0.2) is 4.39 Å². The van der Waals surface area contributed by atoms with Gasteiger partial charge in [-0.3, -0.25) is 4.79 Å². The zero-order valence-electron chi connectivity index (χ0n) is 11.3. The number of carbonyl (C=O) groups excluding carboxylic acids is 1. The lowest BCUT2D eigenvalue weighted by atomic mass is 10.0. The van der Waals surface area contributed by atoms with E-state index in [1.54, 1.807) is 24.3 Å². The molecule has 1 unspecified atom stereocenters. The van der Waals surface area contributed by atoms with Crippen LogP contribution in [0.5, 0.6) is 0 Å². The molecular weight excluding hydrogens is 253 g/mol. The van der Waals surface area contributed by atoms with Gasteiger partial charge in [-0.05, 0) is 23.9 Å². The summed E-state index contributed by atoms with van der Waals surface area (Å²) in [4.78, 5) is 12.3. The molecule has 2 nitrogen and oxygen atoms in total. The molecule has 20 heavy (non-hydrogen) atoms. The molecule has 0 saturated carbocycles. The van der Waals surface area contributed by atoms with Crippen molar-refractivity contribution in [2.24, 2.45) is 0 Å². The highest BCUT2D eigenvalue weighted by Gasteiger charge is 2.15. The zero-order valence-corrected chi connectivity index (χ0v) is 11.3. The topological polar surface area (TPSA) is 29.1 Å². The van der Waals surface area contributed by atoms with Gasteiger partial charge in [0.25, 0.3) is 5.91 Å². The van der Waals surface area contributed by atoms with Crippen LogP contribution in [0.25, 0.3) is 10.8 Å². The number of halogens is 1. The third kappa shape index (κ3) is 2.80. The van der Waals surface area contributed by atoms with Gasteiger partial charge in [-0.15, -0.1) is 12.3 Å². The summed E-state index contributed by atoms with van der Waals surface area (Å²) in [7, 11) is 0. The molecule has 0 heterocycles. The third-order valence-electron chi connectivity index (χ3n) is 3.31. The molecule has 0 aliphatic carbocycles. The van der Waals surface area contributed by atoms with Gasteiger partial charge in [-0.1, -0.05) is 31.2 Å². The van der Waals surface area contributed by atoms with E-state index in [-0.39, 0.29) is 17.8 Å². The molecule has 1 amide bonds. The van der Waals surface area contributed by atoms with Crippen molar-refractivity contribution in [2.75, 3.05) is 0 Å². The number of carbonyl (C=O) groups is 1. The lowest BCUT2D eigenvalue weighted by Gasteiger charge is -2.15. The first kappa shape index (κ1) is 14.1. The van der Waals surface area contributed by atoms with Crippen LogP contribution in [0.15, 0.2) is 36.4 Å². The Bertz CT molecular complexity index is 672. The Morgan fingerprint density at radius 1 is 1.30 bits per heavy atom. The number of terminal acetylenes is 1. The summed E-state index contributed by atoms with van der Waals surface area (Å²) in [6.45, 7) is 1.96. The predicted molar refractivity (Wildman–Crippen MR) is 78.9 cm³/mol. The summed E-state index contributed by atoms with van der Waals surface area (Å²) >= 11 is 0. The fraction of sp³-hybridized carbons (Fsp3) is 0.235. The van der Waals surface area contributed by atoms with Crippen molar-refractivity contribution in [2.45, 2.75) is 25.8 Å². The van der Waals surface area contributed by atoms with Gasteiger partial charge in [0.1, 0.15) is 5.82 Å². The molecule has 2 aromatic carbocycles. The lowest BCUT2D eigenvalue weighted by Crippen LogP contribution is -2.34. The Kier molecular flexibility index (Phi) is 4.37. The average molecular weight is 269 g/mol. The van der Waals surface area contributed by atoms with Crippen molar-refractivity contribution in [3.8, 4) is 12.3 Å². The Morgan fingerprint density at radius 3 is 2.65 bits per heavy atom. The number of hydrogen-bond acceptors (Lipinski definition) is 1. The van der Waals surface area contributed by atoms with Crippen LogP contribution in [0.4, 0.5) is 4.39 Å². The normalized spacial score (nSPS) is 11.8. The molecule has 0 aliphatic heterocycles. The van der Waals surface area contributed by atoms with Gasteiger partial charge in [0.2, 0.25) is 0 Å². The minimum absolute atomic E-state index is 0.0590. The molecule has 1 N–H and O–H groups in total. The molecule has 2 rings (SSSR count). The van der Waals surface area contributed by atoms with Gasteiger partial charge in [-0.2, -0.15) is 0 Å². The summed E-state index contributed by atoms with van der Waals surface area (Å²) in [5, 5.41) is 3.95. The second-order valence-corrected chi connectivity index (χ2v) is 4.63. The number of hydrogen-bond donors (Lipinski definition) is 1. The highest BCUT2D eigenvalue weighted by Crippen LogP contribution is 2.22. The van der Waals surface area contributed by atoms with Crippen molar-refractivity contribution in [1.29, 1.82) is 0 Å². The smallest absolute Gasteiger partial charge is 0.252 e. The van der Waals surface area contributed by atoms with Crippen LogP contribution in [0.3, 0.4) is 0 Å². The van der Waals surface area contributed by atoms with Gasteiger partial charge in [0, 0.05) is 23.4 Å². The van der Waals surface area contributed by atoms with E-state index in [2.05, 4.69) is 11.2 Å². The average Bonchev–Trinajstić information content (AvgIpc) is 2.47. The van der Waals surface area contributed by atoms with Crippen LogP contribution < -0.4 is 5.32 Å². The van der Waals surface area contributed by atoms with Gasteiger partial charge in [0.15, 0.2) is 0 Å². The van der Waals surface area contributed by atoms with E-state index in [4.69, 9.17) is 6.42 Å². The zero-order chi connectivity index (χ0) is 14.5. The molecule has 0 radical (unpaired) electrons. The van der Waals surface area contributed by atoms with E-state index in [0.29, 0.717) is 22.8 Å². The monoisotopic (exact) mass is 269 g/mol. The summed E-state index contributed by atoms with van der Waals surface area (Å²) in [5.74, 6) is 2.00. The largest absolute Gasteiger partial charge is 0.348 e. The third-order valence-corrected chi connectivity index (χ3v) is 3.31. The molecule has 3 heteroatoms. The molecule has 2 aromatic rings. The second-order valence-electron chi connectivity index (χ2n) is 4.63. The quantitative estimate of drug-likeness (QED) is 0.845. The highest BCUT2D eigenvalue weighted by molar-refractivity contribution is 6.07. The number of benzene rings is 2. The SMILES string of the molecule is C#CCC(CC)NC(=O)c1ccc(F)c2ccccc12. The Labute approximate surface area is 118 Å². The summed E-state index contributed by atoms with van der Waals surface area (Å²) in [6.07, 6.45) is 6.53. The van der Waals surface area contributed by atoms with E-state index in [1.165, 1.54) is 12.1 Å². The number of nitrogens with one attached hydrogen (secondary N) is 1. The Hall–Kier alpha value is -2.34. The molecule has 102 valence electrons. The van der Waals surface area contributed by atoms with Crippen LogP contribution in [0.1, 0.15) is 30.1 Å². The van der Waals surface area contributed by atoms with E-state index < -0.39 is 0 Å². The first-order chi connectivity index (χ1) is 9.67. The lowest BCUT2D eigenvalue weighted by molar-refractivity contribution is 0.0938. The predicted octanol–water partition coefficient (Wildman–Crippen LogP) is 3.51. The van der Waals surface area contributed by atoms with Crippen molar-refractivity contribution in [3.63, 3.8) is 0 Å². The van der Waals surface area contributed by atoms with Crippen molar-refractivity contribution in [1.82, 2.24) is 5.32 Å². The molecule has 0 aliphatic rings. The first-order valence-corrected chi connectivity index (χ1v) is 6.59. The fourth-order valence-corrected chi connectivity index (χ4v) is 2.16. The molecule has 0 fully saturated rings. The second kappa shape index (κ2) is 6.21. The van der Waals surface area contributed by atoms with Gasteiger partial charge >= 0.3 is 0 Å². The number of fused-ring (bicyclic) bond motifs is 1. The Morgan fingerprint density at radius 2 is 2.00 bits per heavy atom. The minimum Gasteiger partial charge on any atom is -0.348 e. The van der Waals surface area contributed by atoms with E-state index in [9.17, 15) is 9.18 Å². The van der Waals surface area contributed by atoms with Gasteiger partial charge < -0.3 is 5.32 Å². The van der Waals surface area contributed by atoms with E-state index in [1.807, 2.05) is 6.92 Å². The van der Waals surface area contributed by atoms with Crippen LogP contribution in [0, 0.1) is 18.2 Å². The van der Waals surface area contributed by atoms with Crippen LogP contribution in [0.2, 0.25) is 0 Å². The van der Waals surface area contributed by atoms with Crippen LogP contribution >= 0.6 is 0 Å². The molecule has 1 atom stereocenters. The standard InChI is InChI=1S/C17H16FNO/c1-3-7-12(4-2)19-17(20)15-10-11-16(18)14-9-6-5-8-13(14)15/h1,5-6,8-12H,4,7H2,2H3,(H,19,20). The molecule has 0 bridgehead atoms. The fourth-order valence-electron chi connectivity index (χ4n) is 2.16. The maximum atomic E-state index is 13.7. The summed E-state index contributed by atoms with van der Waals surface area (Å²) in [5.41, 5.74) is 0.470. The first-order valence-electron chi connectivity index (χ1n) is 6.59. The molecule has 0 saturated heterocycles. The van der Waals surface area contributed by atoms with Crippen LogP contribution in [-0.4, -0.2) is 11.9 Å². The summed E-state index contributed by atoms with van der Waals surface area (Å²) < 4.78 is 13.7. The minimum atomic E-state index is -0.326. The molecule has 0 aromatic heterocycles. The van der Waals surface area contributed by atoms with E-state index in [0.717, 1.165) is 6.42 Å². The van der Waals surface area contributed by atoms with E-state index >= 15 is 0 Å². The number of rotatable bonds is 4. The van der Waals surface area contributed by atoms with Crippen LogP contribution in [-0.2, 0) is 0 Å². The Balaban J connectivity index is 2.36. The van der Waals surface area contributed by atoms with Gasteiger partial charge in [0.05, 0.1) is 0 Å². The summed E-state index contributed by atoms with van der Waals surface area (Å²) in [6, 6.07) is 9.72.